The van der Waals surface area contributed by atoms with Gasteiger partial charge in [-0.15, -0.1) is 11.3 Å². The monoisotopic (exact) mass is 387 g/mol. The van der Waals surface area contributed by atoms with Gasteiger partial charge in [-0.3, -0.25) is 9.79 Å². The quantitative estimate of drug-likeness (QED) is 0.438. The van der Waals surface area contributed by atoms with Gasteiger partial charge in [0, 0.05) is 58.7 Å². The third-order valence-corrected chi connectivity index (χ3v) is 5.16. The number of guanidine groups is 1. The van der Waals surface area contributed by atoms with Crippen LogP contribution < -0.4 is 15.5 Å². The fraction of sp³-hybridized carbons (Fsp3) is 0.444. The number of thiophene rings is 1. The second-order valence-electron chi connectivity index (χ2n) is 6.08. The first-order valence-electron chi connectivity index (χ1n) is 9.07. The van der Waals surface area contributed by atoms with E-state index < -0.39 is 0 Å². The number of hydrogen-bond acceptors (Lipinski definition) is 6. The van der Waals surface area contributed by atoms with E-state index in [4.69, 9.17) is 0 Å². The molecule has 0 atom stereocenters. The highest BCUT2D eigenvalue weighted by Gasteiger charge is 2.20. The Morgan fingerprint density at radius 2 is 1.89 bits per heavy atom. The summed E-state index contributed by atoms with van der Waals surface area (Å²) in [5.41, 5.74) is 0. The Labute approximate surface area is 163 Å². The Balaban J connectivity index is 1.35. The molecule has 1 fully saturated rings. The molecule has 1 aliphatic heterocycles. The smallest absolute Gasteiger partial charge is 0.261 e. The molecule has 2 aromatic heterocycles. The van der Waals surface area contributed by atoms with Crippen molar-refractivity contribution in [3.63, 3.8) is 0 Å². The van der Waals surface area contributed by atoms with E-state index >= 15 is 0 Å². The van der Waals surface area contributed by atoms with Gasteiger partial charge in [-0.1, -0.05) is 6.07 Å². The van der Waals surface area contributed by atoms with Crippen LogP contribution in [-0.4, -0.2) is 73.1 Å². The number of piperazine rings is 1. The number of aliphatic imine (C=N–C) groups is 1. The Hall–Kier alpha value is -2.68. The summed E-state index contributed by atoms with van der Waals surface area (Å²) in [6.45, 7) is 4.86. The van der Waals surface area contributed by atoms with E-state index in [9.17, 15) is 4.79 Å². The van der Waals surface area contributed by atoms with Crippen molar-refractivity contribution < 1.29 is 4.79 Å². The van der Waals surface area contributed by atoms with Crippen LogP contribution in [0.1, 0.15) is 16.1 Å². The summed E-state index contributed by atoms with van der Waals surface area (Å²) in [7, 11) is 1.80. The van der Waals surface area contributed by atoms with E-state index in [-0.39, 0.29) is 5.91 Å². The maximum Gasteiger partial charge on any atom is 0.261 e. The standard InChI is InChI=1S/C18H25N7OS/c1-19-17(21-7-3-6-20-16(26)15-5-2-14-27-15)24-10-12-25(13-11-24)18-22-8-4-9-23-18/h2,4-5,8-9,14H,3,6-7,10-13H2,1H3,(H,19,21)(H,20,26). The summed E-state index contributed by atoms with van der Waals surface area (Å²) in [5, 5.41) is 8.22. The number of nitrogens with zero attached hydrogens (tertiary/aromatic N) is 5. The van der Waals surface area contributed by atoms with Crippen molar-refractivity contribution in [2.45, 2.75) is 6.42 Å². The lowest BCUT2D eigenvalue weighted by atomic mass is 10.3. The normalized spacial score (nSPS) is 14.9. The van der Waals surface area contributed by atoms with Gasteiger partial charge in [0.1, 0.15) is 0 Å². The van der Waals surface area contributed by atoms with Crippen LogP contribution in [0.2, 0.25) is 0 Å². The van der Waals surface area contributed by atoms with Crippen molar-refractivity contribution in [1.82, 2.24) is 25.5 Å². The molecule has 144 valence electrons. The molecule has 0 saturated carbocycles. The average molecular weight is 388 g/mol. The maximum atomic E-state index is 11.9. The van der Waals surface area contributed by atoms with Gasteiger partial charge in [0.05, 0.1) is 4.88 Å². The second kappa shape index (κ2) is 9.86. The zero-order chi connectivity index (χ0) is 18.9. The van der Waals surface area contributed by atoms with E-state index in [0.29, 0.717) is 6.54 Å². The van der Waals surface area contributed by atoms with Crippen LogP contribution in [-0.2, 0) is 0 Å². The lowest BCUT2D eigenvalue weighted by molar-refractivity contribution is 0.0957. The Kier molecular flexibility index (Phi) is 6.97. The van der Waals surface area contributed by atoms with Crippen LogP contribution in [0.25, 0.3) is 0 Å². The number of rotatable bonds is 6. The van der Waals surface area contributed by atoms with E-state index in [1.165, 1.54) is 11.3 Å². The highest BCUT2D eigenvalue weighted by atomic mass is 32.1. The molecule has 0 aromatic carbocycles. The first-order valence-corrected chi connectivity index (χ1v) is 9.95. The predicted octanol–water partition coefficient (Wildman–Crippen LogP) is 1.06. The summed E-state index contributed by atoms with van der Waals surface area (Å²) in [6, 6.07) is 5.55. The number of carbonyl (C=O) groups excluding carboxylic acids is 1. The zero-order valence-corrected chi connectivity index (χ0v) is 16.3. The highest BCUT2D eigenvalue weighted by molar-refractivity contribution is 7.12. The number of aromatic nitrogens is 2. The first kappa shape index (κ1) is 19.1. The summed E-state index contributed by atoms with van der Waals surface area (Å²) in [6.07, 6.45) is 4.38. The van der Waals surface area contributed by atoms with Gasteiger partial charge in [-0.05, 0) is 23.9 Å². The van der Waals surface area contributed by atoms with Crippen molar-refractivity contribution >= 4 is 29.2 Å². The van der Waals surface area contributed by atoms with Crippen LogP contribution >= 0.6 is 11.3 Å². The topological polar surface area (TPSA) is 85.8 Å². The summed E-state index contributed by atoms with van der Waals surface area (Å²) >= 11 is 1.45. The number of anilines is 1. The second-order valence-corrected chi connectivity index (χ2v) is 7.03. The van der Waals surface area contributed by atoms with Crippen LogP contribution in [0.15, 0.2) is 41.0 Å². The highest BCUT2D eigenvalue weighted by Crippen LogP contribution is 2.10. The van der Waals surface area contributed by atoms with Gasteiger partial charge in [0.15, 0.2) is 5.96 Å². The predicted molar refractivity (Wildman–Crippen MR) is 108 cm³/mol. The molecule has 3 rings (SSSR count). The van der Waals surface area contributed by atoms with E-state index in [1.807, 2.05) is 23.6 Å². The molecule has 1 saturated heterocycles. The molecule has 1 amide bonds. The molecule has 0 bridgehead atoms. The molecule has 0 aliphatic carbocycles. The third-order valence-electron chi connectivity index (χ3n) is 4.29. The zero-order valence-electron chi connectivity index (χ0n) is 15.5. The van der Waals surface area contributed by atoms with Crippen LogP contribution in [0, 0.1) is 0 Å². The molecule has 27 heavy (non-hydrogen) atoms. The minimum absolute atomic E-state index is 0.00589. The SMILES string of the molecule is CN=C(NCCCNC(=O)c1cccs1)N1CCN(c2ncccn2)CC1. The lowest BCUT2D eigenvalue weighted by Gasteiger charge is -2.36. The molecule has 0 spiro atoms. The number of carbonyl (C=O) groups is 1. The number of nitrogens with one attached hydrogen (secondary N) is 2. The Morgan fingerprint density at radius 1 is 1.15 bits per heavy atom. The molecule has 8 nitrogen and oxygen atoms in total. The largest absolute Gasteiger partial charge is 0.356 e. The maximum absolute atomic E-state index is 11.9. The third kappa shape index (κ3) is 5.40. The van der Waals surface area contributed by atoms with Crippen molar-refractivity contribution in [2.75, 3.05) is 51.2 Å². The molecule has 0 radical (unpaired) electrons. The van der Waals surface area contributed by atoms with Crippen LogP contribution in [0.4, 0.5) is 5.95 Å². The molecule has 0 unspecified atom stereocenters. The molecular formula is C18H25N7OS. The molecule has 9 heteroatoms. The van der Waals surface area contributed by atoms with Crippen molar-refractivity contribution in [1.29, 1.82) is 0 Å². The number of amides is 1. The van der Waals surface area contributed by atoms with Gasteiger partial charge in [-0.25, -0.2) is 9.97 Å². The van der Waals surface area contributed by atoms with Crippen LogP contribution in [0.5, 0.6) is 0 Å². The summed E-state index contributed by atoms with van der Waals surface area (Å²) in [4.78, 5) is 30.1. The van der Waals surface area contributed by atoms with Crippen molar-refractivity contribution in [2.24, 2.45) is 4.99 Å². The van der Waals surface area contributed by atoms with Crippen molar-refractivity contribution in [3.8, 4) is 0 Å². The van der Waals surface area contributed by atoms with Crippen molar-refractivity contribution in [3.05, 3.63) is 40.8 Å². The summed E-state index contributed by atoms with van der Waals surface area (Å²) < 4.78 is 0. The average Bonchev–Trinajstić information content (AvgIpc) is 3.26. The fourth-order valence-corrected chi connectivity index (χ4v) is 3.53. The minimum Gasteiger partial charge on any atom is -0.356 e. The van der Waals surface area contributed by atoms with Gasteiger partial charge in [0.2, 0.25) is 5.95 Å². The molecule has 1 aliphatic rings. The van der Waals surface area contributed by atoms with Gasteiger partial charge in [0.25, 0.3) is 5.91 Å². The van der Waals surface area contributed by atoms with Gasteiger partial charge >= 0.3 is 0 Å². The Bertz CT molecular complexity index is 727. The molecular weight excluding hydrogens is 362 g/mol. The van der Waals surface area contributed by atoms with E-state index in [2.05, 4.69) is 35.4 Å². The van der Waals surface area contributed by atoms with Crippen LogP contribution in [0.3, 0.4) is 0 Å². The molecule has 3 heterocycles. The molecule has 2 N–H and O–H groups in total. The lowest BCUT2D eigenvalue weighted by Crippen LogP contribution is -2.53. The van der Waals surface area contributed by atoms with E-state index in [1.54, 1.807) is 19.4 Å². The molecule has 2 aromatic rings. The number of hydrogen-bond donors (Lipinski definition) is 2. The first-order chi connectivity index (χ1) is 13.3. The van der Waals surface area contributed by atoms with E-state index in [0.717, 1.165) is 55.9 Å². The fourth-order valence-electron chi connectivity index (χ4n) is 2.89. The van der Waals surface area contributed by atoms with Gasteiger partial charge in [-0.2, -0.15) is 0 Å². The Morgan fingerprint density at radius 3 is 2.56 bits per heavy atom. The minimum atomic E-state index is -0.00589. The van der Waals surface area contributed by atoms with Gasteiger partial charge < -0.3 is 20.4 Å². The summed E-state index contributed by atoms with van der Waals surface area (Å²) in [5.74, 6) is 1.67.